The van der Waals surface area contributed by atoms with Crippen LogP contribution in [0.3, 0.4) is 0 Å². The van der Waals surface area contributed by atoms with Crippen molar-refractivity contribution in [3.63, 3.8) is 0 Å². The Bertz CT molecular complexity index is 235. The molecule has 0 aromatic rings. The van der Waals surface area contributed by atoms with E-state index >= 15 is 0 Å². The lowest BCUT2D eigenvalue weighted by Crippen LogP contribution is -2.19. The van der Waals surface area contributed by atoms with E-state index < -0.39 is 0 Å². The quantitative estimate of drug-likeness (QED) is 0.161. The van der Waals surface area contributed by atoms with Gasteiger partial charge in [-0.05, 0) is 65.0 Å². The zero-order valence-electron chi connectivity index (χ0n) is 19.1. The van der Waals surface area contributed by atoms with Gasteiger partial charge < -0.3 is 22.1 Å². The summed E-state index contributed by atoms with van der Waals surface area (Å²) in [6, 6.07) is 0. The van der Waals surface area contributed by atoms with Crippen molar-refractivity contribution < 1.29 is 0 Å². The average molecular weight is 399 g/mol. The summed E-state index contributed by atoms with van der Waals surface area (Å²) in [5.74, 6) is 0. The van der Waals surface area contributed by atoms with Crippen molar-refractivity contribution in [3.8, 4) is 0 Å². The first-order valence-electron chi connectivity index (χ1n) is 12.7. The Balaban J connectivity index is 2.96. The summed E-state index contributed by atoms with van der Waals surface area (Å²) in [6.45, 7) is 6.14. The molecule has 0 aromatic carbocycles. The van der Waals surface area contributed by atoms with E-state index in [-0.39, 0.29) is 0 Å². The lowest BCUT2D eigenvalue weighted by molar-refractivity contribution is 0.520. The molecule has 0 radical (unpaired) electrons. The molecule has 0 atom stereocenters. The van der Waals surface area contributed by atoms with Crippen LogP contribution in [-0.2, 0) is 0 Å². The molecular weight excluding hydrogens is 344 g/mol. The van der Waals surface area contributed by atoms with Crippen molar-refractivity contribution in [1.29, 1.82) is 0 Å². The molecule has 0 aliphatic heterocycles. The summed E-state index contributed by atoms with van der Waals surface area (Å²) >= 11 is 0. The summed E-state index contributed by atoms with van der Waals surface area (Å²) in [4.78, 5) is 0. The van der Waals surface area contributed by atoms with Gasteiger partial charge in [-0.15, -0.1) is 0 Å². The monoisotopic (exact) mass is 398 g/mol. The second-order valence-electron chi connectivity index (χ2n) is 8.44. The fourth-order valence-electron chi connectivity index (χ4n) is 3.68. The Morgan fingerprint density at radius 1 is 0.286 bits per heavy atom. The maximum absolute atomic E-state index is 5.48. The fourth-order valence-corrected chi connectivity index (χ4v) is 3.68. The van der Waals surface area contributed by atoms with E-state index in [4.69, 9.17) is 11.5 Å². The molecule has 0 heterocycles. The van der Waals surface area contributed by atoms with Gasteiger partial charge in [-0.1, -0.05) is 89.9 Å². The van der Waals surface area contributed by atoms with E-state index in [9.17, 15) is 0 Å². The number of nitrogens with one attached hydrogen (secondary N) is 2. The first kappa shape index (κ1) is 27.8. The minimum Gasteiger partial charge on any atom is -0.330 e. The Morgan fingerprint density at radius 3 is 0.750 bits per heavy atom. The molecule has 0 amide bonds. The average Bonchev–Trinajstić information content (AvgIpc) is 2.71. The number of hydrogen-bond donors (Lipinski definition) is 4. The van der Waals surface area contributed by atoms with Gasteiger partial charge in [0.05, 0.1) is 0 Å². The van der Waals surface area contributed by atoms with Crippen LogP contribution < -0.4 is 22.1 Å². The zero-order valence-corrected chi connectivity index (χ0v) is 19.1. The maximum atomic E-state index is 5.48. The lowest BCUT2D eigenvalue weighted by atomic mass is 10.0. The lowest BCUT2D eigenvalue weighted by Gasteiger charge is -2.05. The maximum Gasteiger partial charge on any atom is -0.00369 e. The van der Waals surface area contributed by atoms with Crippen LogP contribution in [0, 0.1) is 0 Å². The molecular formula is C24H54N4. The molecule has 0 bridgehead atoms. The molecule has 0 spiro atoms. The minimum atomic E-state index is 0.807. The van der Waals surface area contributed by atoms with Crippen LogP contribution in [0.5, 0.6) is 0 Å². The van der Waals surface area contributed by atoms with Gasteiger partial charge in [-0.25, -0.2) is 0 Å². The molecule has 0 aliphatic carbocycles. The van der Waals surface area contributed by atoms with Gasteiger partial charge >= 0.3 is 0 Å². The second-order valence-corrected chi connectivity index (χ2v) is 8.44. The Labute approximate surface area is 177 Å². The van der Waals surface area contributed by atoms with Gasteiger partial charge in [0, 0.05) is 0 Å². The standard InChI is InChI=1S/C24H54N4/c25-19-17-23-27-21-15-13-11-9-7-5-3-1-2-4-6-8-10-12-14-16-22-28-24-18-20-26/h27-28H,1-26H2. The minimum absolute atomic E-state index is 0.807. The molecule has 4 heteroatoms. The van der Waals surface area contributed by atoms with Gasteiger partial charge in [-0.3, -0.25) is 0 Å². The predicted octanol–water partition coefficient (Wildman–Crippen LogP) is 5.10. The molecule has 0 fully saturated rings. The summed E-state index contributed by atoms with van der Waals surface area (Å²) in [7, 11) is 0. The second kappa shape index (κ2) is 26.8. The van der Waals surface area contributed by atoms with Gasteiger partial charge in [-0.2, -0.15) is 0 Å². The van der Waals surface area contributed by atoms with E-state index in [0.29, 0.717) is 0 Å². The van der Waals surface area contributed by atoms with Crippen molar-refractivity contribution in [2.75, 3.05) is 39.3 Å². The van der Waals surface area contributed by atoms with E-state index in [1.807, 2.05) is 0 Å². The van der Waals surface area contributed by atoms with Crippen LogP contribution in [0.2, 0.25) is 0 Å². The summed E-state index contributed by atoms with van der Waals surface area (Å²) < 4.78 is 0. The highest BCUT2D eigenvalue weighted by Gasteiger charge is 1.95. The molecule has 0 unspecified atom stereocenters. The first-order valence-corrected chi connectivity index (χ1v) is 12.7. The third kappa shape index (κ3) is 25.8. The third-order valence-electron chi connectivity index (χ3n) is 5.57. The number of hydrogen-bond acceptors (Lipinski definition) is 4. The summed E-state index contributed by atoms with van der Waals surface area (Å²) in [5, 5.41) is 6.92. The molecule has 0 saturated heterocycles. The number of nitrogens with two attached hydrogens (primary N) is 2. The van der Waals surface area contributed by atoms with Crippen molar-refractivity contribution >= 4 is 0 Å². The van der Waals surface area contributed by atoms with Gasteiger partial charge in [0.1, 0.15) is 0 Å². The Morgan fingerprint density at radius 2 is 0.500 bits per heavy atom. The summed E-state index contributed by atoms with van der Waals surface area (Å²) in [6.07, 6.45) is 25.0. The molecule has 4 nitrogen and oxygen atoms in total. The number of unbranched alkanes of at least 4 members (excludes halogenated alkanes) is 15. The smallest absolute Gasteiger partial charge is 0.00369 e. The highest BCUT2D eigenvalue weighted by Crippen LogP contribution is 2.13. The van der Waals surface area contributed by atoms with Crippen molar-refractivity contribution in [1.82, 2.24) is 10.6 Å². The SMILES string of the molecule is NCCCNCCCCCCCCCCCCCCCCCCNCCCN. The third-order valence-corrected chi connectivity index (χ3v) is 5.57. The van der Waals surface area contributed by atoms with Crippen LogP contribution in [-0.4, -0.2) is 39.3 Å². The Hall–Kier alpha value is -0.160. The van der Waals surface area contributed by atoms with E-state index in [2.05, 4.69) is 10.6 Å². The first-order chi connectivity index (χ1) is 13.9. The van der Waals surface area contributed by atoms with Crippen LogP contribution >= 0.6 is 0 Å². The van der Waals surface area contributed by atoms with Gasteiger partial charge in [0.2, 0.25) is 0 Å². The van der Waals surface area contributed by atoms with E-state index in [1.165, 1.54) is 116 Å². The Kier molecular flexibility index (Phi) is 26.7. The molecule has 0 rings (SSSR count). The fraction of sp³-hybridized carbons (Fsp3) is 1.00. The van der Waals surface area contributed by atoms with Crippen molar-refractivity contribution in [2.45, 2.75) is 116 Å². The van der Waals surface area contributed by atoms with Crippen LogP contribution in [0.1, 0.15) is 116 Å². The van der Waals surface area contributed by atoms with E-state index in [1.54, 1.807) is 0 Å². The van der Waals surface area contributed by atoms with Crippen LogP contribution in [0.15, 0.2) is 0 Å². The highest BCUT2D eigenvalue weighted by atomic mass is 14.8. The predicted molar refractivity (Wildman–Crippen MR) is 127 cm³/mol. The highest BCUT2D eigenvalue weighted by molar-refractivity contribution is 4.53. The number of rotatable bonds is 25. The molecule has 170 valence electrons. The van der Waals surface area contributed by atoms with Crippen LogP contribution in [0.4, 0.5) is 0 Å². The molecule has 6 N–H and O–H groups in total. The largest absolute Gasteiger partial charge is 0.330 e. The van der Waals surface area contributed by atoms with Crippen LogP contribution in [0.25, 0.3) is 0 Å². The van der Waals surface area contributed by atoms with Crippen molar-refractivity contribution in [2.24, 2.45) is 11.5 Å². The topological polar surface area (TPSA) is 76.1 Å². The molecule has 0 aliphatic rings. The normalized spacial score (nSPS) is 11.4. The van der Waals surface area contributed by atoms with Gasteiger partial charge in [0.25, 0.3) is 0 Å². The molecule has 28 heavy (non-hydrogen) atoms. The molecule has 0 aromatic heterocycles. The van der Waals surface area contributed by atoms with Gasteiger partial charge in [0.15, 0.2) is 0 Å². The summed E-state index contributed by atoms with van der Waals surface area (Å²) in [5.41, 5.74) is 11.0. The van der Waals surface area contributed by atoms with E-state index in [0.717, 1.165) is 39.0 Å². The molecule has 0 saturated carbocycles. The zero-order chi connectivity index (χ0) is 20.4. The van der Waals surface area contributed by atoms with Crippen molar-refractivity contribution in [3.05, 3.63) is 0 Å².